The van der Waals surface area contributed by atoms with Crippen LogP contribution in [0.15, 0.2) is 5.11 Å². The smallest absolute Gasteiger partial charge is 0.313 e. The number of rotatable bonds is 7. The fraction of sp³-hybridized carbons (Fsp3) is 0.778. The van der Waals surface area contributed by atoms with Crippen molar-refractivity contribution >= 4 is 11.8 Å². The fourth-order valence-electron chi connectivity index (χ4n) is 1.14. The highest BCUT2D eigenvalue weighted by Gasteiger charge is 2.25. The summed E-state index contributed by atoms with van der Waals surface area (Å²) in [5.41, 5.74) is 8.16. The quantitative estimate of drug-likeness (QED) is 0.214. The van der Waals surface area contributed by atoms with Gasteiger partial charge in [0.2, 0.25) is 0 Å². The van der Waals surface area contributed by atoms with Crippen LogP contribution in [-0.2, 0) is 19.1 Å². The molecule has 0 aliphatic rings. The van der Waals surface area contributed by atoms with Gasteiger partial charge in [-0.05, 0) is 5.53 Å². The molecular weight excluding hydrogens is 214 g/mol. The molecule has 0 heterocycles. The third kappa shape index (κ3) is 4.77. The molecule has 16 heavy (non-hydrogen) atoms. The number of carbonyl (C=O) groups excluding carboxylic acids is 2. The Morgan fingerprint density at radius 1 is 1.44 bits per heavy atom. The predicted octanol–water partition coefficient (Wildman–Crippen LogP) is 1.08. The molecule has 0 amide bonds. The largest absolute Gasteiger partial charge is 0.469 e. The van der Waals surface area contributed by atoms with Crippen molar-refractivity contribution in [3.05, 3.63) is 10.4 Å². The van der Waals surface area contributed by atoms with E-state index in [1.54, 1.807) is 6.92 Å². The normalized spacial score (nSPS) is 13.4. The van der Waals surface area contributed by atoms with Crippen LogP contribution in [0.5, 0.6) is 0 Å². The summed E-state index contributed by atoms with van der Waals surface area (Å²) in [6.45, 7) is 1.67. The van der Waals surface area contributed by atoms with Crippen molar-refractivity contribution in [2.75, 3.05) is 20.8 Å². The van der Waals surface area contributed by atoms with Gasteiger partial charge in [0.05, 0.1) is 19.8 Å². The second-order valence-electron chi connectivity index (χ2n) is 3.20. The highest BCUT2D eigenvalue weighted by molar-refractivity contribution is 5.96. The molecule has 0 bridgehead atoms. The van der Waals surface area contributed by atoms with Gasteiger partial charge in [0, 0.05) is 17.9 Å². The molecule has 0 rings (SSSR count). The second-order valence-corrected chi connectivity index (χ2v) is 3.20. The molecule has 0 aliphatic heterocycles. The first-order valence-electron chi connectivity index (χ1n) is 4.70. The summed E-state index contributed by atoms with van der Waals surface area (Å²) in [7, 11) is 2.63. The van der Waals surface area contributed by atoms with Gasteiger partial charge in [-0.25, -0.2) is 0 Å². The average Bonchev–Trinajstić information content (AvgIpc) is 2.29. The van der Waals surface area contributed by atoms with E-state index in [1.807, 2.05) is 0 Å². The van der Waals surface area contributed by atoms with E-state index in [4.69, 9.17) is 10.3 Å². The highest BCUT2D eigenvalue weighted by atomic mass is 16.5. The lowest BCUT2D eigenvalue weighted by atomic mass is 9.97. The van der Waals surface area contributed by atoms with Gasteiger partial charge in [0.25, 0.3) is 0 Å². The maximum Gasteiger partial charge on any atom is 0.313 e. The van der Waals surface area contributed by atoms with E-state index in [0.29, 0.717) is 0 Å². The molecule has 7 nitrogen and oxygen atoms in total. The van der Waals surface area contributed by atoms with Crippen LogP contribution in [0.3, 0.4) is 0 Å². The zero-order chi connectivity index (χ0) is 12.6. The molecule has 0 saturated carbocycles. The van der Waals surface area contributed by atoms with Gasteiger partial charge in [0.1, 0.15) is 12.2 Å². The lowest BCUT2D eigenvalue weighted by Gasteiger charge is -2.19. The van der Waals surface area contributed by atoms with Crippen LogP contribution in [0, 0.1) is 5.92 Å². The van der Waals surface area contributed by atoms with Gasteiger partial charge in [-0.3, -0.25) is 9.59 Å². The van der Waals surface area contributed by atoms with Crippen LogP contribution in [0.25, 0.3) is 10.4 Å². The molecule has 0 unspecified atom stereocenters. The molecule has 0 N–H and O–H groups in total. The van der Waals surface area contributed by atoms with E-state index >= 15 is 0 Å². The van der Waals surface area contributed by atoms with E-state index < -0.39 is 18.0 Å². The summed E-state index contributed by atoms with van der Waals surface area (Å²) in [5, 5.41) is 3.33. The zero-order valence-corrected chi connectivity index (χ0v) is 9.54. The minimum absolute atomic E-state index is 0.0566. The van der Waals surface area contributed by atoms with Gasteiger partial charge in [0.15, 0.2) is 0 Å². The summed E-state index contributed by atoms with van der Waals surface area (Å²) in [5.74, 6) is -1.41. The third-order valence-corrected chi connectivity index (χ3v) is 2.24. The van der Waals surface area contributed by atoms with Crippen molar-refractivity contribution in [3.8, 4) is 0 Å². The topological polar surface area (TPSA) is 101 Å². The minimum atomic E-state index is -0.588. The molecule has 0 aliphatic carbocycles. The van der Waals surface area contributed by atoms with Crippen LogP contribution in [-0.4, -0.2) is 38.6 Å². The van der Waals surface area contributed by atoms with E-state index in [-0.39, 0.29) is 18.7 Å². The van der Waals surface area contributed by atoms with E-state index in [1.165, 1.54) is 14.2 Å². The Labute approximate surface area is 93.3 Å². The van der Waals surface area contributed by atoms with Crippen LogP contribution in [0.1, 0.15) is 13.3 Å². The Kier molecular flexibility index (Phi) is 6.91. The number of ether oxygens (including phenoxy) is 2. The van der Waals surface area contributed by atoms with Gasteiger partial charge in [-0.2, -0.15) is 0 Å². The Morgan fingerprint density at radius 3 is 2.50 bits per heavy atom. The highest BCUT2D eigenvalue weighted by Crippen LogP contribution is 2.11. The lowest BCUT2D eigenvalue weighted by Crippen LogP contribution is -2.31. The molecule has 0 spiro atoms. The molecule has 0 aromatic rings. The number of azide groups is 1. The number of nitrogens with zero attached hydrogens (tertiary/aromatic N) is 3. The van der Waals surface area contributed by atoms with E-state index in [0.717, 1.165) is 0 Å². The molecule has 90 valence electrons. The van der Waals surface area contributed by atoms with Crippen molar-refractivity contribution in [1.82, 2.24) is 0 Å². The SMILES string of the molecule is COC(=O)CC(=O)[C@@H](C)[C@@H](CN=[N+]=[N-])OC. The van der Waals surface area contributed by atoms with Crippen molar-refractivity contribution in [2.24, 2.45) is 11.0 Å². The third-order valence-electron chi connectivity index (χ3n) is 2.24. The summed E-state index contributed by atoms with van der Waals surface area (Å²) < 4.78 is 9.40. The van der Waals surface area contributed by atoms with Crippen molar-refractivity contribution in [1.29, 1.82) is 0 Å². The number of methoxy groups -OCH3 is 2. The van der Waals surface area contributed by atoms with Crippen LogP contribution in [0.2, 0.25) is 0 Å². The van der Waals surface area contributed by atoms with Crippen LogP contribution in [0.4, 0.5) is 0 Å². The number of Topliss-reactive ketones (excluding diaryl/α,β-unsaturated/α-hetero) is 1. The standard InChI is InChI=1S/C9H15N3O4/c1-6(7(13)4-9(14)16-3)8(15-2)5-11-12-10/h6,8H,4-5H2,1-3H3/t6-,8-/m1/s1. The van der Waals surface area contributed by atoms with Crippen molar-refractivity contribution in [2.45, 2.75) is 19.4 Å². The van der Waals surface area contributed by atoms with Gasteiger partial charge in [-0.15, -0.1) is 0 Å². The summed E-state index contributed by atoms with van der Waals surface area (Å²) in [6.07, 6.45) is -0.818. The van der Waals surface area contributed by atoms with Crippen molar-refractivity contribution < 1.29 is 19.1 Å². The van der Waals surface area contributed by atoms with Gasteiger partial charge >= 0.3 is 5.97 Å². The van der Waals surface area contributed by atoms with Gasteiger partial charge in [-0.1, -0.05) is 12.0 Å². The molecule has 0 fully saturated rings. The fourth-order valence-corrected chi connectivity index (χ4v) is 1.14. The van der Waals surface area contributed by atoms with E-state index in [2.05, 4.69) is 14.8 Å². The maximum absolute atomic E-state index is 11.6. The monoisotopic (exact) mass is 229 g/mol. The molecule has 0 aromatic carbocycles. The zero-order valence-electron chi connectivity index (χ0n) is 9.54. The number of esters is 1. The summed E-state index contributed by atoms with van der Waals surface area (Å²) in [4.78, 5) is 25.0. The summed E-state index contributed by atoms with van der Waals surface area (Å²) in [6, 6.07) is 0. The van der Waals surface area contributed by atoms with Crippen LogP contribution < -0.4 is 0 Å². The molecule has 2 atom stereocenters. The molecular formula is C9H15N3O4. The van der Waals surface area contributed by atoms with E-state index in [9.17, 15) is 9.59 Å². The Balaban J connectivity index is 4.37. The Hall–Kier alpha value is -1.59. The average molecular weight is 229 g/mol. The Morgan fingerprint density at radius 2 is 2.06 bits per heavy atom. The minimum Gasteiger partial charge on any atom is -0.469 e. The number of hydrogen-bond donors (Lipinski definition) is 0. The first-order valence-corrected chi connectivity index (χ1v) is 4.70. The first-order chi connectivity index (χ1) is 7.56. The predicted molar refractivity (Wildman–Crippen MR) is 55.6 cm³/mol. The Bertz CT molecular complexity index is 299. The number of ketones is 1. The maximum atomic E-state index is 11.6. The molecule has 7 heteroatoms. The number of hydrogen-bond acceptors (Lipinski definition) is 5. The second kappa shape index (κ2) is 7.67. The van der Waals surface area contributed by atoms with Crippen LogP contribution >= 0.6 is 0 Å². The lowest BCUT2D eigenvalue weighted by molar-refractivity contribution is -0.145. The molecule has 0 aromatic heterocycles. The number of carbonyl (C=O) groups is 2. The van der Waals surface area contributed by atoms with Crippen molar-refractivity contribution in [3.63, 3.8) is 0 Å². The molecule has 0 radical (unpaired) electrons. The molecule has 0 saturated heterocycles. The summed E-state index contributed by atoms with van der Waals surface area (Å²) >= 11 is 0. The first kappa shape index (κ1) is 14.4. The van der Waals surface area contributed by atoms with Gasteiger partial charge < -0.3 is 9.47 Å².